The van der Waals surface area contributed by atoms with E-state index in [-0.39, 0.29) is 0 Å². The van der Waals surface area contributed by atoms with Crippen molar-refractivity contribution in [2.45, 2.75) is 32.2 Å². The predicted molar refractivity (Wildman–Crippen MR) is 74.6 cm³/mol. The zero-order valence-corrected chi connectivity index (χ0v) is 12.0. The molecule has 0 spiro atoms. The second kappa shape index (κ2) is 5.45. The van der Waals surface area contributed by atoms with Crippen LogP contribution in [0.5, 0.6) is 0 Å². The molecule has 1 aromatic carbocycles. The van der Waals surface area contributed by atoms with Gasteiger partial charge in [0.05, 0.1) is 0 Å². The summed E-state index contributed by atoms with van der Waals surface area (Å²) in [7, 11) is 3.21. The summed E-state index contributed by atoms with van der Waals surface area (Å²) in [5.41, 5.74) is 2.05. The number of allylic oxidation sites excluding steroid dienone is 1. The summed E-state index contributed by atoms with van der Waals surface area (Å²) in [5, 5.41) is 10.9. The van der Waals surface area contributed by atoms with Crippen LogP contribution in [0.4, 0.5) is 0 Å². The first kappa shape index (κ1) is 14.3. The summed E-state index contributed by atoms with van der Waals surface area (Å²) in [6.45, 7) is 4.20. The molecule has 1 N–H and O–H groups in total. The zero-order chi connectivity index (χ0) is 14.0. The maximum atomic E-state index is 10.9. The van der Waals surface area contributed by atoms with Crippen LogP contribution in [-0.4, -0.2) is 19.3 Å². The lowest BCUT2D eigenvalue weighted by atomic mass is 9.87. The van der Waals surface area contributed by atoms with E-state index >= 15 is 0 Å². The normalized spacial score (nSPS) is 26.8. The van der Waals surface area contributed by atoms with Crippen LogP contribution in [0, 0.1) is 5.92 Å². The molecule has 0 aromatic heterocycles. The van der Waals surface area contributed by atoms with E-state index < -0.39 is 11.9 Å². The molecular formula is C16H22O3. The SMILES string of the molecule is COC(OC)c1ccccc1C1(O)C=C(C)C(C)C1. The molecule has 0 amide bonds. The molecule has 1 aliphatic rings. The molecule has 2 rings (SSSR count). The Bertz CT molecular complexity index is 477. The molecule has 0 aliphatic heterocycles. The van der Waals surface area contributed by atoms with Gasteiger partial charge in [-0.15, -0.1) is 0 Å². The minimum Gasteiger partial charge on any atom is -0.381 e. The molecular weight excluding hydrogens is 240 g/mol. The van der Waals surface area contributed by atoms with Crippen molar-refractivity contribution in [3.8, 4) is 0 Å². The highest BCUT2D eigenvalue weighted by atomic mass is 16.7. The second-order valence-corrected chi connectivity index (χ2v) is 5.31. The molecule has 0 fully saturated rings. The minimum absolute atomic E-state index is 0.390. The van der Waals surface area contributed by atoms with Crippen LogP contribution in [0.2, 0.25) is 0 Å². The minimum atomic E-state index is -0.921. The highest BCUT2D eigenvalue weighted by molar-refractivity contribution is 5.40. The fourth-order valence-electron chi connectivity index (χ4n) is 2.84. The maximum absolute atomic E-state index is 10.9. The fraction of sp³-hybridized carbons (Fsp3) is 0.500. The smallest absolute Gasteiger partial charge is 0.183 e. The van der Waals surface area contributed by atoms with E-state index in [1.807, 2.05) is 30.3 Å². The Balaban J connectivity index is 2.46. The Hall–Kier alpha value is -1.16. The van der Waals surface area contributed by atoms with Gasteiger partial charge in [-0.05, 0) is 30.9 Å². The average Bonchev–Trinajstić information content (AvgIpc) is 2.66. The van der Waals surface area contributed by atoms with Crippen LogP contribution in [0.1, 0.15) is 37.7 Å². The van der Waals surface area contributed by atoms with Gasteiger partial charge in [0, 0.05) is 19.8 Å². The lowest BCUT2D eigenvalue weighted by molar-refractivity contribution is -0.108. The fourth-order valence-corrected chi connectivity index (χ4v) is 2.84. The molecule has 0 saturated carbocycles. The molecule has 0 saturated heterocycles. The van der Waals surface area contributed by atoms with Crippen LogP contribution >= 0.6 is 0 Å². The van der Waals surface area contributed by atoms with Crippen molar-refractivity contribution >= 4 is 0 Å². The molecule has 104 valence electrons. The Labute approximate surface area is 114 Å². The van der Waals surface area contributed by atoms with Crippen molar-refractivity contribution in [1.29, 1.82) is 0 Å². The van der Waals surface area contributed by atoms with Gasteiger partial charge in [0.25, 0.3) is 0 Å². The van der Waals surface area contributed by atoms with Crippen LogP contribution < -0.4 is 0 Å². The van der Waals surface area contributed by atoms with Gasteiger partial charge in [0.15, 0.2) is 6.29 Å². The molecule has 2 unspecified atom stereocenters. The van der Waals surface area contributed by atoms with Gasteiger partial charge in [0.2, 0.25) is 0 Å². The standard InChI is InChI=1S/C16H22O3/c1-11-9-16(17,10-12(11)2)14-8-6-5-7-13(14)15(18-3)19-4/h5-9,12,15,17H,10H2,1-4H3. The number of hydrogen-bond donors (Lipinski definition) is 1. The molecule has 3 nitrogen and oxygen atoms in total. The van der Waals surface area contributed by atoms with Gasteiger partial charge in [-0.2, -0.15) is 0 Å². The van der Waals surface area contributed by atoms with Gasteiger partial charge < -0.3 is 14.6 Å². The summed E-state index contributed by atoms with van der Waals surface area (Å²) >= 11 is 0. The van der Waals surface area contributed by atoms with E-state index in [1.54, 1.807) is 14.2 Å². The second-order valence-electron chi connectivity index (χ2n) is 5.31. The van der Waals surface area contributed by atoms with Crippen LogP contribution in [-0.2, 0) is 15.1 Å². The molecule has 0 radical (unpaired) electrons. The number of methoxy groups -OCH3 is 2. The Morgan fingerprint density at radius 2 is 1.89 bits per heavy atom. The number of hydrogen-bond acceptors (Lipinski definition) is 3. The van der Waals surface area contributed by atoms with Crippen molar-refractivity contribution in [3.63, 3.8) is 0 Å². The molecule has 1 aliphatic carbocycles. The molecule has 19 heavy (non-hydrogen) atoms. The van der Waals surface area contributed by atoms with E-state index in [9.17, 15) is 5.11 Å². The first-order valence-electron chi connectivity index (χ1n) is 6.58. The summed E-state index contributed by atoms with van der Waals surface area (Å²) in [5.74, 6) is 0.390. The number of aliphatic hydroxyl groups is 1. The van der Waals surface area contributed by atoms with E-state index in [0.29, 0.717) is 12.3 Å². The Morgan fingerprint density at radius 1 is 1.26 bits per heavy atom. The van der Waals surface area contributed by atoms with Gasteiger partial charge in [-0.25, -0.2) is 0 Å². The zero-order valence-electron chi connectivity index (χ0n) is 12.0. The first-order valence-corrected chi connectivity index (χ1v) is 6.58. The lowest BCUT2D eigenvalue weighted by Gasteiger charge is -2.27. The van der Waals surface area contributed by atoms with Crippen molar-refractivity contribution in [3.05, 3.63) is 47.0 Å². The monoisotopic (exact) mass is 262 g/mol. The molecule has 2 atom stereocenters. The van der Waals surface area contributed by atoms with E-state index in [4.69, 9.17) is 9.47 Å². The highest BCUT2D eigenvalue weighted by Crippen LogP contribution is 2.42. The number of rotatable bonds is 4. The molecule has 0 heterocycles. The van der Waals surface area contributed by atoms with Gasteiger partial charge in [0.1, 0.15) is 5.60 Å². The van der Waals surface area contributed by atoms with Crippen LogP contribution in [0.25, 0.3) is 0 Å². The van der Waals surface area contributed by atoms with E-state index in [0.717, 1.165) is 11.1 Å². The maximum Gasteiger partial charge on any atom is 0.183 e. The molecule has 3 heteroatoms. The third-order valence-electron chi connectivity index (χ3n) is 3.97. The third-order valence-corrected chi connectivity index (χ3v) is 3.97. The Kier molecular flexibility index (Phi) is 4.09. The predicted octanol–water partition coefficient (Wildman–Crippen LogP) is 3.15. The van der Waals surface area contributed by atoms with Crippen LogP contribution in [0.3, 0.4) is 0 Å². The van der Waals surface area contributed by atoms with Crippen molar-refractivity contribution in [2.24, 2.45) is 5.92 Å². The average molecular weight is 262 g/mol. The number of ether oxygens (including phenoxy) is 2. The van der Waals surface area contributed by atoms with Gasteiger partial charge in [-0.1, -0.05) is 36.8 Å². The van der Waals surface area contributed by atoms with Gasteiger partial charge >= 0.3 is 0 Å². The summed E-state index contributed by atoms with van der Waals surface area (Å²) in [6.07, 6.45) is 2.21. The summed E-state index contributed by atoms with van der Waals surface area (Å²) in [6, 6.07) is 7.76. The van der Waals surface area contributed by atoms with Crippen LogP contribution in [0.15, 0.2) is 35.9 Å². The lowest BCUT2D eigenvalue weighted by Crippen LogP contribution is -2.24. The third kappa shape index (κ3) is 2.59. The molecule has 1 aromatic rings. The molecule has 0 bridgehead atoms. The topological polar surface area (TPSA) is 38.7 Å². The quantitative estimate of drug-likeness (QED) is 0.669. The van der Waals surface area contributed by atoms with Crippen molar-refractivity contribution < 1.29 is 14.6 Å². The summed E-state index contributed by atoms with van der Waals surface area (Å²) < 4.78 is 10.7. The van der Waals surface area contributed by atoms with E-state index in [2.05, 4.69) is 13.8 Å². The van der Waals surface area contributed by atoms with Gasteiger partial charge in [-0.3, -0.25) is 0 Å². The Morgan fingerprint density at radius 3 is 2.42 bits per heavy atom. The van der Waals surface area contributed by atoms with E-state index in [1.165, 1.54) is 5.57 Å². The first-order chi connectivity index (χ1) is 9.01. The van der Waals surface area contributed by atoms with Crippen molar-refractivity contribution in [2.75, 3.05) is 14.2 Å². The largest absolute Gasteiger partial charge is 0.381 e. The number of benzene rings is 1. The van der Waals surface area contributed by atoms with Crippen molar-refractivity contribution in [1.82, 2.24) is 0 Å². The highest BCUT2D eigenvalue weighted by Gasteiger charge is 2.37. The summed E-state index contributed by atoms with van der Waals surface area (Å²) in [4.78, 5) is 0.